The average molecular weight is 348 g/mol. The lowest BCUT2D eigenvalue weighted by Crippen LogP contribution is -2.04. The molecule has 0 spiro atoms. The molecule has 0 saturated carbocycles. The minimum absolute atomic E-state index is 0.282. The molecule has 0 saturated heterocycles. The van der Waals surface area contributed by atoms with Gasteiger partial charge in [0.2, 0.25) is 5.88 Å². The lowest BCUT2D eigenvalue weighted by Gasteiger charge is -2.10. The van der Waals surface area contributed by atoms with Crippen molar-refractivity contribution in [2.24, 2.45) is 0 Å². The fraction of sp³-hybridized carbons (Fsp3) is 0.118. The molecule has 0 bridgehead atoms. The standard InChI is InChI=1S/C17H11F3N2OS/c1-10-6-11(9-21)2-4-14(10)12-3-5-15-13(7-12)8-16(23)22(15)24-17(18,19)20/h2-8,23H,1H3. The van der Waals surface area contributed by atoms with E-state index in [1.54, 1.807) is 36.4 Å². The van der Waals surface area contributed by atoms with Crippen molar-refractivity contribution in [2.45, 2.75) is 12.4 Å². The first kappa shape index (κ1) is 16.3. The quantitative estimate of drug-likeness (QED) is 0.691. The van der Waals surface area contributed by atoms with Gasteiger partial charge in [0.1, 0.15) is 0 Å². The van der Waals surface area contributed by atoms with Gasteiger partial charge in [-0.15, -0.1) is 0 Å². The van der Waals surface area contributed by atoms with Crippen molar-refractivity contribution in [1.29, 1.82) is 5.26 Å². The van der Waals surface area contributed by atoms with Gasteiger partial charge in [-0.1, -0.05) is 12.1 Å². The zero-order chi connectivity index (χ0) is 17.5. The first-order chi connectivity index (χ1) is 11.3. The van der Waals surface area contributed by atoms with Crippen LogP contribution in [0.1, 0.15) is 11.1 Å². The number of benzene rings is 2. The summed E-state index contributed by atoms with van der Waals surface area (Å²) < 4.78 is 38.6. The Balaban J connectivity index is 2.09. The van der Waals surface area contributed by atoms with Gasteiger partial charge >= 0.3 is 5.51 Å². The van der Waals surface area contributed by atoms with E-state index in [4.69, 9.17) is 5.26 Å². The molecular weight excluding hydrogens is 337 g/mol. The highest BCUT2D eigenvalue weighted by Crippen LogP contribution is 2.39. The Morgan fingerprint density at radius 2 is 1.88 bits per heavy atom. The summed E-state index contributed by atoms with van der Waals surface area (Å²) in [5, 5.41) is 19.2. The van der Waals surface area contributed by atoms with E-state index in [1.807, 2.05) is 6.92 Å². The SMILES string of the molecule is Cc1cc(C#N)ccc1-c1ccc2c(c1)cc(O)n2SC(F)(F)F. The summed E-state index contributed by atoms with van der Waals surface area (Å²) in [6, 6.07) is 13.6. The van der Waals surface area contributed by atoms with E-state index in [-0.39, 0.29) is 5.52 Å². The van der Waals surface area contributed by atoms with E-state index in [2.05, 4.69) is 6.07 Å². The smallest absolute Gasteiger partial charge is 0.462 e. The second-order valence-electron chi connectivity index (χ2n) is 5.25. The average Bonchev–Trinajstić information content (AvgIpc) is 2.80. The van der Waals surface area contributed by atoms with Crippen LogP contribution in [0, 0.1) is 18.3 Å². The molecule has 0 fully saturated rings. The van der Waals surface area contributed by atoms with Crippen LogP contribution in [-0.2, 0) is 0 Å². The molecule has 0 aliphatic heterocycles. The van der Waals surface area contributed by atoms with Gasteiger partial charge in [0.25, 0.3) is 0 Å². The number of hydrogen-bond acceptors (Lipinski definition) is 3. The maximum Gasteiger partial charge on any atom is 0.462 e. The van der Waals surface area contributed by atoms with E-state index in [0.29, 0.717) is 10.9 Å². The Bertz CT molecular complexity index is 970. The molecule has 1 N–H and O–H groups in total. The van der Waals surface area contributed by atoms with Crippen molar-refractivity contribution in [2.75, 3.05) is 0 Å². The molecule has 1 aromatic heterocycles. The molecule has 7 heteroatoms. The van der Waals surface area contributed by atoms with Crippen LogP contribution >= 0.6 is 11.9 Å². The normalized spacial score (nSPS) is 11.6. The first-order valence-electron chi connectivity index (χ1n) is 6.90. The van der Waals surface area contributed by atoms with E-state index in [9.17, 15) is 18.3 Å². The number of nitriles is 1. The number of alkyl halides is 3. The highest BCUT2D eigenvalue weighted by molar-refractivity contribution is 7.98. The van der Waals surface area contributed by atoms with Crippen molar-refractivity contribution < 1.29 is 18.3 Å². The largest absolute Gasteiger partial charge is 0.494 e. The highest BCUT2D eigenvalue weighted by atomic mass is 32.2. The predicted octanol–water partition coefficient (Wildman–Crippen LogP) is 5.21. The predicted molar refractivity (Wildman–Crippen MR) is 87.5 cm³/mol. The molecule has 24 heavy (non-hydrogen) atoms. The van der Waals surface area contributed by atoms with Crippen LogP contribution in [0.3, 0.4) is 0 Å². The molecule has 0 radical (unpaired) electrons. The van der Waals surface area contributed by atoms with E-state index in [1.165, 1.54) is 6.07 Å². The Kier molecular flexibility index (Phi) is 3.93. The van der Waals surface area contributed by atoms with E-state index in [0.717, 1.165) is 20.7 Å². The minimum Gasteiger partial charge on any atom is -0.494 e. The van der Waals surface area contributed by atoms with Gasteiger partial charge in [-0.2, -0.15) is 18.4 Å². The molecule has 122 valence electrons. The Hall–Kier alpha value is -2.59. The maximum atomic E-state index is 12.6. The number of nitrogens with zero attached hydrogens (tertiary/aromatic N) is 2. The second kappa shape index (κ2) is 5.80. The number of aromatic nitrogens is 1. The topological polar surface area (TPSA) is 48.9 Å². The number of aromatic hydroxyl groups is 1. The van der Waals surface area contributed by atoms with Gasteiger partial charge in [0.15, 0.2) is 0 Å². The molecule has 0 unspecified atom stereocenters. The lowest BCUT2D eigenvalue weighted by molar-refractivity contribution is -0.0335. The van der Waals surface area contributed by atoms with Crippen molar-refractivity contribution in [3.8, 4) is 23.1 Å². The lowest BCUT2D eigenvalue weighted by atomic mass is 9.98. The van der Waals surface area contributed by atoms with Crippen LogP contribution in [0.25, 0.3) is 22.0 Å². The third kappa shape index (κ3) is 3.05. The van der Waals surface area contributed by atoms with Crippen molar-refractivity contribution in [3.63, 3.8) is 0 Å². The summed E-state index contributed by atoms with van der Waals surface area (Å²) in [5.41, 5.74) is -1.09. The molecule has 0 amide bonds. The summed E-state index contributed by atoms with van der Waals surface area (Å²) in [6.07, 6.45) is 0. The summed E-state index contributed by atoms with van der Waals surface area (Å²) >= 11 is -0.396. The summed E-state index contributed by atoms with van der Waals surface area (Å²) in [4.78, 5) is 0. The molecule has 3 aromatic rings. The van der Waals surface area contributed by atoms with E-state index < -0.39 is 23.3 Å². The molecule has 1 heterocycles. The van der Waals surface area contributed by atoms with Crippen molar-refractivity contribution >= 4 is 22.9 Å². The molecule has 0 aliphatic rings. The zero-order valence-corrected chi connectivity index (χ0v) is 13.2. The van der Waals surface area contributed by atoms with Gasteiger partial charge in [-0.05, 0) is 47.9 Å². The fourth-order valence-electron chi connectivity index (χ4n) is 2.60. The van der Waals surface area contributed by atoms with Gasteiger partial charge < -0.3 is 5.11 Å². The monoisotopic (exact) mass is 348 g/mol. The summed E-state index contributed by atoms with van der Waals surface area (Å²) in [5.74, 6) is -0.457. The summed E-state index contributed by atoms with van der Waals surface area (Å²) in [6.45, 7) is 1.86. The third-order valence-electron chi connectivity index (χ3n) is 3.60. The Labute approximate surface area is 140 Å². The van der Waals surface area contributed by atoms with Crippen LogP contribution in [-0.4, -0.2) is 14.6 Å². The number of rotatable bonds is 2. The molecule has 3 rings (SSSR count). The van der Waals surface area contributed by atoms with Crippen LogP contribution in [0.4, 0.5) is 13.2 Å². The number of halogens is 3. The minimum atomic E-state index is -4.49. The van der Waals surface area contributed by atoms with Crippen molar-refractivity contribution in [3.05, 3.63) is 53.6 Å². The van der Waals surface area contributed by atoms with Gasteiger partial charge in [-0.3, -0.25) is 0 Å². The third-order valence-corrected chi connectivity index (χ3v) is 4.37. The molecule has 2 aromatic carbocycles. The zero-order valence-electron chi connectivity index (χ0n) is 12.4. The summed E-state index contributed by atoms with van der Waals surface area (Å²) in [7, 11) is 0. The molecule has 3 nitrogen and oxygen atoms in total. The van der Waals surface area contributed by atoms with Crippen LogP contribution in [0.2, 0.25) is 0 Å². The van der Waals surface area contributed by atoms with Gasteiger partial charge in [0.05, 0.1) is 29.1 Å². The number of fused-ring (bicyclic) bond motifs is 1. The molecule has 0 atom stereocenters. The highest BCUT2D eigenvalue weighted by Gasteiger charge is 2.32. The number of aryl methyl sites for hydroxylation is 1. The van der Waals surface area contributed by atoms with Crippen LogP contribution < -0.4 is 0 Å². The Morgan fingerprint density at radius 3 is 2.50 bits per heavy atom. The number of hydrogen-bond donors (Lipinski definition) is 1. The van der Waals surface area contributed by atoms with Crippen LogP contribution in [0.15, 0.2) is 42.5 Å². The van der Waals surface area contributed by atoms with Crippen LogP contribution in [0.5, 0.6) is 5.88 Å². The van der Waals surface area contributed by atoms with Gasteiger partial charge in [0, 0.05) is 11.5 Å². The van der Waals surface area contributed by atoms with E-state index >= 15 is 0 Å². The Morgan fingerprint density at radius 1 is 1.12 bits per heavy atom. The molecular formula is C17H11F3N2OS. The molecule has 0 aliphatic carbocycles. The first-order valence-corrected chi connectivity index (χ1v) is 7.67. The second-order valence-corrected chi connectivity index (χ2v) is 6.26. The van der Waals surface area contributed by atoms with Gasteiger partial charge in [-0.25, -0.2) is 3.97 Å². The fourth-order valence-corrected chi connectivity index (χ4v) is 3.22. The maximum absolute atomic E-state index is 12.6. The van der Waals surface area contributed by atoms with Crippen molar-refractivity contribution in [1.82, 2.24) is 3.97 Å².